The molecule has 0 aliphatic heterocycles. The highest BCUT2D eigenvalue weighted by atomic mass is 16.2. The van der Waals surface area contributed by atoms with Gasteiger partial charge in [0.05, 0.1) is 0 Å². The van der Waals surface area contributed by atoms with Crippen molar-refractivity contribution < 1.29 is 9.59 Å². The number of hydrogen-bond donors (Lipinski definition) is 2. The van der Waals surface area contributed by atoms with Gasteiger partial charge < -0.3 is 10.6 Å². The van der Waals surface area contributed by atoms with Gasteiger partial charge >= 0.3 is 0 Å². The van der Waals surface area contributed by atoms with E-state index in [1.165, 1.54) is 0 Å². The van der Waals surface area contributed by atoms with Crippen LogP contribution in [0.1, 0.15) is 34.8 Å². The van der Waals surface area contributed by atoms with Gasteiger partial charge in [0.15, 0.2) is 0 Å². The van der Waals surface area contributed by atoms with Gasteiger partial charge in [-0.3, -0.25) is 9.59 Å². The van der Waals surface area contributed by atoms with Crippen LogP contribution in [0.4, 0.5) is 11.4 Å². The van der Waals surface area contributed by atoms with E-state index in [9.17, 15) is 9.59 Å². The molecule has 0 aliphatic carbocycles. The summed E-state index contributed by atoms with van der Waals surface area (Å²) in [4.78, 5) is 23.7. The minimum absolute atomic E-state index is 0.0770. The first-order valence-electron chi connectivity index (χ1n) is 7.27. The first kappa shape index (κ1) is 15.8. The monoisotopic (exact) mass is 296 g/mol. The van der Waals surface area contributed by atoms with Crippen molar-refractivity contribution >= 4 is 23.2 Å². The average molecular weight is 296 g/mol. The molecular weight excluding hydrogens is 276 g/mol. The third-order valence-corrected chi connectivity index (χ3v) is 3.21. The lowest BCUT2D eigenvalue weighted by atomic mass is 10.1. The molecule has 0 spiro atoms. The quantitative estimate of drug-likeness (QED) is 0.899. The number of benzene rings is 2. The molecule has 2 N–H and O–H groups in total. The van der Waals surface area contributed by atoms with Crippen molar-refractivity contribution in [1.29, 1.82) is 0 Å². The molecule has 0 bridgehead atoms. The summed E-state index contributed by atoms with van der Waals surface area (Å²) < 4.78 is 0. The van der Waals surface area contributed by atoms with Gasteiger partial charge in [0.25, 0.3) is 5.91 Å². The average Bonchev–Trinajstić information content (AvgIpc) is 2.46. The summed E-state index contributed by atoms with van der Waals surface area (Å²) in [5.74, 6) is -0.274. The van der Waals surface area contributed by atoms with Crippen molar-refractivity contribution in [3.05, 3.63) is 59.2 Å². The normalized spacial score (nSPS) is 10.1. The summed E-state index contributed by atoms with van der Waals surface area (Å²) in [7, 11) is 0. The Morgan fingerprint density at radius 2 is 1.59 bits per heavy atom. The third-order valence-electron chi connectivity index (χ3n) is 3.21. The van der Waals surface area contributed by atoms with Gasteiger partial charge in [-0.1, -0.05) is 19.1 Å². The molecule has 2 amide bonds. The van der Waals surface area contributed by atoms with Crippen molar-refractivity contribution in [3.63, 3.8) is 0 Å². The summed E-state index contributed by atoms with van der Waals surface area (Å²) in [6.45, 7) is 5.76. The summed E-state index contributed by atoms with van der Waals surface area (Å²) in [6, 6.07) is 12.8. The van der Waals surface area contributed by atoms with Crippen LogP contribution in [0.15, 0.2) is 42.5 Å². The fourth-order valence-corrected chi connectivity index (χ4v) is 2.24. The fraction of sp³-hybridized carbons (Fsp3) is 0.222. The van der Waals surface area contributed by atoms with E-state index in [0.717, 1.165) is 16.8 Å². The van der Waals surface area contributed by atoms with Crippen molar-refractivity contribution in [2.24, 2.45) is 0 Å². The molecule has 0 atom stereocenters. The lowest BCUT2D eigenvalue weighted by Crippen LogP contribution is -2.14. The SMILES string of the molecule is CCC(=O)Nc1cccc(C(=O)Nc2cc(C)cc(C)c2)c1. The van der Waals surface area contributed by atoms with Gasteiger partial charge in [-0.05, 0) is 55.3 Å². The van der Waals surface area contributed by atoms with Gasteiger partial charge in [0.1, 0.15) is 0 Å². The smallest absolute Gasteiger partial charge is 0.255 e. The minimum Gasteiger partial charge on any atom is -0.326 e. The largest absolute Gasteiger partial charge is 0.326 e. The number of anilines is 2. The molecule has 0 saturated heterocycles. The first-order valence-corrected chi connectivity index (χ1v) is 7.27. The van der Waals surface area contributed by atoms with Gasteiger partial charge in [0.2, 0.25) is 5.91 Å². The number of carbonyl (C=O) groups is 2. The highest BCUT2D eigenvalue weighted by Gasteiger charge is 2.08. The molecule has 0 aliphatic rings. The van der Waals surface area contributed by atoms with Gasteiger partial charge in [-0.25, -0.2) is 0 Å². The summed E-state index contributed by atoms with van der Waals surface area (Å²) in [5, 5.41) is 5.63. The van der Waals surface area contributed by atoms with E-state index >= 15 is 0 Å². The van der Waals surface area contributed by atoms with Crippen LogP contribution in [-0.2, 0) is 4.79 Å². The molecule has 114 valence electrons. The van der Waals surface area contributed by atoms with Crippen LogP contribution in [-0.4, -0.2) is 11.8 Å². The Morgan fingerprint density at radius 1 is 0.909 bits per heavy atom. The maximum absolute atomic E-state index is 12.3. The Bertz CT molecular complexity index is 688. The van der Waals surface area contributed by atoms with E-state index < -0.39 is 0 Å². The maximum atomic E-state index is 12.3. The Balaban J connectivity index is 2.15. The number of carbonyl (C=O) groups excluding carboxylic acids is 2. The predicted octanol–water partition coefficient (Wildman–Crippen LogP) is 3.90. The minimum atomic E-state index is -0.197. The molecular formula is C18H20N2O2. The van der Waals surface area contributed by atoms with Gasteiger partial charge in [-0.2, -0.15) is 0 Å². The van der Waals surface area contributed by atoms with E-state index in [4.69, 9.17) is 0 Å². The van der Waals surface area contributed by atoms with Crippen molar-refractivity contribution in [2.75, 3.05) is 10.6 Å². The standard InChI is InChI=1S/C18H20N2O2/c1-4-17(21)19-15-7-5-6-14(11-15)18(22)20-16-9-12(2)8-13(3)10-16/h5-11H,4H2,1-3H3,(H,19,21)(H,20,22). The predicted molar refractivity (Wildman–Crippen MR) is 89.2 cm³/mol. The zero-order valence-corrected chi connectivity index (χ0v) is 13.1. The van der Waals surface area contributed by atoms with Crippen LogP contribution in [0.5, 0.6) is 0 Å². The zero-order valence-electron chi connectivity index (χ0n) is 13.1. The second kappa shape index (κ2) is 6.89. The highest BCUT2D eigenvalue weighted by Crippen LogP contribution is 2.16. The molecule has 4 heteroatoms. The molecule has 2 rings (SSSR count). The second-order valence-electron chi connectivity index (χ2n) is 5.31. The summed E-state index contributed by atoms with van der Waals surface area (Å²) in [6.07, 6.45) is 0.402. The van der Waals surface area contributed by atoms with E-state index in [1.807, 2.05) is 26.0 Å². The van der Waals surface area contributed by atoms with Crippen molar-refractivity contribution in [2.45, 2.75) is 27.2 Å². The van der Waals surface area contributed by atoms with Crippen LogP contribution in [0.25, 0.3) is 0 Å². The molecule has 0 fully saturated rings. The molecule has 0 radical (unpaired) electrons. The molecule has 0 unspecified atom stereocenters. The third kappa shape index (κ3) is 4.19. The van der Waals surface area contributed by atoms with E-state index in [1.54, 1.807) is 31.2 Å². The van der Waals surface area contributed by atoms with Crippen LogP contribution >= 0.6 is 0 Å². The maximum Gasteiger partial charge on any atom is 0.255 e. The zero-order chi connectivity index (χ0) is 16.1. The molecule has 0 heterocycles. The number of amides is 2. The Labute approximate surface area is 130 Å². The van der Waals surface area contributed by atoms with E-state index in [0.29, 0.717) is 17.7 Å². The van der Waals surface area contributed by atoms with Crippen molar-refractivity contribution in [3.8, 4) is 0 Å². The van der Waals surface area contributed by atoms with Crippen LogP contribution in [0.2, 0.25) is 0 Å². The highest BCUT2D eigenvalue weighted by molar-refractivity contribution is 6.05. The van der Waals surface area contributed by atoms with Crippen molar-refractivity contribution in [1.82, 2.24) is 0 Å². The lowest BCUT2D eigenvalue weighted by molar-refractivity contribution is -0.115. The Hall–Kier alpha value is -2.62. The van der Waals surface area contributed by atoms with Gasteiger partial charge in [-0.15, -0.1) is 0 Å². The van der Waals surface area contributed by atoms with E-state index in [2.05, 4.69) is 16.7 Å². The van der Waals surface area contributed by atoms with Crippen LogP contribution < -0.4 is 10.6 Å². The molecule has 0 saturated carbocycles. The Kier molecular flexibility index (Phi) is 4.94. The van der Waals surface area contributed by atoms with Gasteiger partial charge in [0, 0.05) is 23.4 Å². The topological polar surface area (TPSA) is 58.2 Å². The van der Waals surface area contributed by atoms with Crippen LogP contribution in [0.3, 0.4) is 0 Å². The number of nitrogens with one attached hydrogen (secondary N) is 2. The molecule has 4 nitrogen and oxygen atoms in total. The Morgan fingerprint density at radius 3 is 2.23 bits per heavy atom. The fourth-order valence-electron chi connectivity index (χ4n) is 2.24. The number of rotatable bonds is 4. The second-order valence-corrected chi connectivity index (χ2v) is 5.31. The number of hydrogen-bond acceptors (Lipinski definition) is 2. The molecule has 2 aromatic carbocycles. The molecule has 0 aromatic heterocycles. The molecule has 2 aromatic rings. The molecule has 22 heavy (non-hydrogen) atoms. The summed E-state index contributed by atoms with van der Waals surface area (Å²) >= 11 is 0. The van der Waals surface area contributed by atoms with E-state index in [-0.39, 0.29) is 11.8 Å². The first-order chi connectivity index (χ1) is 10.5. The van der Waals surface area contributed by atoms with Crippen LogP contribution in [0, 0.1) is 13.8 Å². The summed E-state index contributed by atoms with van der Waals surface area (Å²) in [5.41, 5.74) is 4.09. The lowest BCUT2D eigenvalue weighted by Gasteiger charge is -2.09. The number of aryl methyl sites for hydroxylation is 2.